The predicted octanol–water partition coefficient (Wildman–Crippen LogP) is 4.76. The van der Waals surface area contributed by atoms with Crippen molar-refractivity contribution < 1.29 is 4.39 Å². The van der Waals surface area contributed by atoms with Gasteiger partial charge in [-0.25, -0.2) is 4.39 Å². The van der Waals surface area contributed by atoms with Crippen LogP contribution >= 0.6 is 11.6 Å². The third-order valence-electron chi connectivity index (χ3n) is 3.24. The van der Waals surface area contributed by atoms with Crippen molar-refractivity contribution in [1.29, 1.82) is 0 Å². The highest BCUT2D eigenvalue weighted by molar-refractivity contribution is 6.30. The van der Waals surface area contributed by atoms with Crippen LogP contribution in [0.3, 0.4) is 0 Å². The second kappa shape index (κ2) is 7.41. The van der Waals surface area contributed by atoms with Gasteiger partial charge in [-0.15, -0.1) is 0 Å². The second-order valence-electron chi connectivity index (χ2n) is 4.89. The number of hydrogen-bond acceptors (Lipinski definition) is 1. The van der Waals surface area contributed by atoms with Crippen LogP contribution in [0.15, 0.2) is 48.5 Å². The van der Waals surface area contributed by atoms with E-state index in [4.69, 9.17) is 11.6 Å². The van der Waals surface area contributed by atoms with Crippen molar-refractivity contribution in [3.8, 4) is 0 Å². The van der Waals surface area contributed by atoms with E-state index in [2.05, 4.69) is 18.3 Å². The first kappa shape index (κ1) is 15.0. The molecule has 2 aromatic carbocycles. The Morgan fingerprint density at radius 3 is 2.55 bits per heavy atom. The first-order valence-electron chi connectivity index (χ1n) is 6.92. The minimum Gasteiger partial charge on any atom is -0.310 e. The molecule has 0 spiro atoms. The first-order chi connectivity index (χ1) is 9.69. The average Bonchev–Trinajstić information content (AvgIpc) is 2.45. The van der Waals surface area contributed by atoms with Crippen LogP contribution in [0.5, 0.6) is 0 Å². The summed E-state index contributed by atoms with van der Waals surface area (Å²) in [6.45, 7) is 3.08. The maximum absolute atomic E-state index is 13.0. The van der Waals surface area contributed by atoms with Gasteiger partial charge in [0.2, 0.25) is 0 Å². The number of benzene rings is 2. The Bertz CT molecular complexity index is 539. The minimum absolute atomic E-state index is 0.194. The molecule has 3 heteroatoms. The van der Waals surface area contributed by atoms with Gasteiger partial charge in [0.15, 0.2) is 0 Å². The van der Waals surface area contributed by atoms with Crippen molar-refractivity contribution >= 4 is 11.6 Å². The van der Waals surface area contributed by atoms with E-state index in [0.29, 0.717) is 0 Å². The highest BCUT2D eigenvalue weighted by Gasteiger charge is 2.12. The summed E-state index contributed by atoms with van der Waals surface area (Å²) in [6, 6.07) is 14.8. The summed E-state index contributed by atoms with van der Waals surface area (Å²) in [7, 11) is 0. The van der Waals surface area contributed by atoms with E-state index in [0.717, 1.165) is 35.5 Å². The van der Waals surface area contributed by atoms with Gasteiger partial charge in [0.05, 0.1) is 0 Å². The zero-order valence-corrected chi connectivity index (χ0v) is 12.3. The zero-order chi connectivity index (χ0) is 14.4. The van der Waals surface area contributed by atoms with Crippen molar-refractivity contribution in [2.45, 2.75) is 25.8 Å². The lowest BCUT2D eigenvalue weighted by atomic mass is 9.98. The molecule has 0 bridgehead atoms. The zero-order valence-electron chi connectivity index (χ0n) is 11.6. The number of halogens is 2. The molecule has 1 unspecified atom stereocenters. The molecule has 0 amide bonds. The number of hydrogen-bond donors (Lipinski definition) is 1. The van der Waals surface area contributed by atoms with Crippen LogP contribution in [-0.4, -0.2) is 6.54 Å². The van der Waals surface area contributed by atoms with Crippen LogP contribution in [0.4, 0.5) is 4.39 Å². The second-order valence-corrected chi connectivity index (χ2v) is 5.33. The highest BCUT2D eigenvalue weighted by Crippen LogP contribution is 2.21. The minimum atomic E-state index is -0.199. The largest absolute Gasteiger partial charge is 0.310 e. The lowest BCUT2D eigenvalue weighted by Gasteiger charge is -2.19. The van der Waals surface area contributed by atoms with Crippen molar-refractivity contribution in [1.82, 2.24) is 5.32 Å². The van der Waals surface area contributed by atoms with Crippen molar-refractivity contribution in [3.05, 3.63) is 70.5 Å². The van der Waals surface area contributed by atoms with E-state index in [1.54, 1.807) is 0 Å². The van der Waals surface area contributed by atoms with Gasteiger partial charge in [-0.2, -0.15) is 0 Å². The Labute approximate surface area is 124 Å². The average molecular weight is 292 g/mol. The van der Waals surface area contributed by atoms with Crippen molar-refractivity contribution in [2.24, 2.45) is 0 Å². The molecule has 0 aliphatic heterocycles. The van der Waals surface area contributed by atoms with E-state index in [-0.39, 0.29) is 11.9 Å². The van der Waals surface area contributed by atoms with Crippen molar-refractivity contribution in [3.63, 3.8) is 0 Å². The van der Waals surface area contributed by atoms with Gasteiger partial charge in [-0.3, -0.25) is 0 Å². The molecule has 0 aliphatic rings. The lowest BCUT2D eigenvalue weighted by Crippen LogP contribution is -2.24. The molecule has 0 fully saturated rings. The summed E-state index contributed by atoms with van der Waals surface area (Å²) in [4.78, 5) is 0. The number of rotatable bonds is 6. The van der Waals surface area contributed by atoms with Crippen LogP contribution in [0, 0.1) is 5.82 Å². The quantitative estimate of drug-likeness (QED) is 0.809. The Morgan fingerprint density at radius 1 is 1.15 bits per heavy atom. The number of nitrogens with one attached hydrogen (secondary N) is 1. The third kappa shape index (κ3) is 4.32. The third-order valence-corrected chi connectivity index (χ3v) is 3.48. The molecule has 1 atom stereocenters. The molecule has 106 valence electrons. The molecule has 1 nitrogen and oxygen atoms in total. The molecule has 0 heterocycles. The van der Waals surface area contributed by atoms with Crippen LogP contribution < -0.4 is 5.32 Å². The fourth-order valence-corrected chi connectivity index (χ4v) is 2.40. The van der Waals surface area contributed by atoms with Gasteiger partial charge in [0, 0.05) is 11.1 Å². The lowest BCUT2D eigenvalue weighted by molar-refractivity contribution is 0.528. The molecule has 0 aromatic heterocycles. The fourth-order valence-electron chi connectivity index (χ4n) is 2.21. The molecule has 1 N–H and O–H groups in total. The standard InChI is InChI=1S/C17H19ClFN/c1-2-10-20-17(14-4-3-5-15(18)12-14)11-13-6-8-16(19)9-7-13/h3-9,12,17,20H,2,10-11H2,1H3. The summed E-state index contributed by atoms with van der Waals surface area (Å²) in [6.07, 6.45) is 1.89. The maximum atomic E-state index is 13.0. The summed E-state index contributed by atoms with van der Waals surface area (Å²) >= 11 is 6.07. The Hall–Kier alpha value is -1.38. The maximum Gasteiger partial charge on any atom is 0.123 e. The van der Waals surface area contributed by atoms with Gasteiger partial charge >= 0.3 is 0 Å². The van der Waals surface area contributed by atoms with E-state index in [1.165, 1.54) is 12.1 Å². The monoisotopic (exact) mass is 291 g/mol. The van der Waals surface area contributed by atoms with Crippen LogP contribution in [0.1, 0.15) is 30.5 Å². The van der Waals surface area contributed by atoms with Gasteiger partial charge in [0.25, 0.3) is 0 Å². The fraction of sp³-hybridized carbons (Fsp3) is 0.294. The predicted molar refractivity (Wildman–Crippen MR) is 82.6 cm³/mol. The van der Waals surface area contributed by atoms with Gasteiger partial charge in [-0.05, 0) is 54.8 Å². The Balaban J connectivity index is 2.16. The van der Waals surface area contributed by atoms with E-state index in [1.807, 2.05) is 30.3 Å². The van der Waals surface area contributed by atoms with Crippen LogP contribution in [0.2, 0.25) is 5.02 Å². The van der Waals surface area contributed by atoms with Gasteiger partial charge in [0.1, 0.15) is 5.82 Å². The molecule has 2 aromatic rings. The van der Waals surface area contributed by atoms with E-state index in [9.17, 15) is 4.39 Å². The van der Waals surface area contributed by atoms with Gasteiger partial charge in [-0.1, -0.05) is 42.8 Å². The summed E-state index contributed by atoms with van der Waals surface area (Å²) in [5, 5.41) is 4.26. The molecule has 0 aliphatic carbocycles. The van der Waals surface area contributed by atoms with Crippen molar-refractivity contribution in [2.75, 3.05) is 6.54 Å². The smallest absolute Gasteiger partial charge is 0.123 e. The summed E-state index contributed by atoms with van der Waals surface area (Å²) < 4.78 is 13.0. The Kier molecular flexibility index (Phi) is 5.57. The summed E-state index contributed by atoms with van der Waals surface area (Å²) in [5.74, 6) is -0.199. The molecule has 0 saturated heterocycles. The SMILES string of the molecule is CCCNC(Cc1ccc(F)cc1)c1cccc(Cl)c1. The molecule has 20 heavy (non-hydrogen) atoms. The van der Waals surface area contributed by atoms with E-state index < -0.39 is 0 Å². The highest BCUT2D eigenvalue weighted by atomic mass is 35.5. The van der Waals surface area contributed by atoms with E-state index >= 15 is 0 Å². The van der Waals surface area contributed by atoms with Crippen LogP contribution in [0.25, 0.3) is 0 Å². The molecule has 0 saturated carbocycles. The Morgan fingerprint density at radius 2 is 1.90 bits per heavy atom. The van der Waals surface area contributed by atoms with Crippen LogP contribution in [-0.2, 0) is 6.42 Å². The molecule has 2 rings (SSSR count). The van der Waals surface area contributed by atoms with Gasteiger partial charge < -0.3 is 5.32 Å². The molecule has 0 radical (unpaired) electrons. The normalized spacial score (nSPS) is 12.3. The topological polar surface area (TPSA) is 12.0 Å². The summed E-state index contributed by atoms with van der Waals surface area (Å²) in [5.41, 5.74) is 2.27. The first-order valence-corrected chi connectivity index (χ1v) is 7.30. The molecular formula is C17H19ClFN. The molecular weight excluding hydrogens is 273 g/mol.